The van der Waals surface area contributed by atoms with Crippen molar-refractivity contribution in [2.75, 3.05) is 0 Å². The van der Waals surface area contributed by atoms with Crippen molar-refractivity contribution in [2.24, 2.45) is 0 Å². The lowest BCUT2D eigenvalue weighted by atomic mass is 9.83. The van der Waals surface area contributed by atoms with Crippen molar-refractivity contribution < 1.29 is 0 Å². The van der Waals surface area contributed by atoms with Crippen LogP contribution in [0, 0.1) is 13.8 Å². The van der Waals surface area contributed by atoms with Crippen LogP contribution in [0.25, 0.3) is 34.4 Å². The van der Waals surface area contributed by atoms with E-state index in [0.717, 1.165) is 15.9 Å². The van der Waals surface area contributed by atoms with Crippen molar-refractivity contribution in [3.8, 4) is 22.3 Å². The van der Waals surface area contributed by atoms with Crippen LogP contribution in [0.2, 0.25) is 0 Å². The van der Waals surface area contributed by atoms with Crippen LogP contribution in [0.5, 0.6) is 0 Å². The van der Waals surface area contributed by atoms with Gasteiger partial charge in [0.25, 0.3) is 0 Å². The van der Waals surface area contributed by atoms with Crippen molar-refractivity contribution >= 4 is 21.7 Å². The van der Waals surface area contributed by atoms with Crippen LogP contribution in [0.15, 0.2) is 83.2 Å². The van der Waals surface area contributed by atoms with Gasteiger partial charge in [-0.05, 0) is 104 Å². The van der Waals surface area contributed by atoms with Gasteiger partial charge in [-0.3, -0.25) is 0 Å². The maximum Gasteiger partial charge on any atom is 0.111 e. The third-order valence-electron chi connectivity index (χ3n) is 9.73. The fourth-order valence-electron chi connectivity index (χ4n) is 7.16. The van der Waals surface area contributed by atoms with Gasteiger partial charge in [-0.1, -0.05) is 150 Å². The van der Waals surface area contributed by atoms with Gasteiger partial charge < -0.3 is 0 Å². The lowest BCUT2D eigenvalue weighted by molar-refractivity contribution is 0.589. The van der Waals surface area contributed by atoms with Crippen LogP contribution in [-0.4, -0.2) is 9.52 Å². The van der Waals surface area contributed by atoms with Crippen molar-refractivity contribution in [3.63, 3.8) is 0 Å². The number of hydrogen-bond acceptors (Lipinski definition) is 0. The molecule has 1 unspecified atom stereocenters. The SMILES string of the molecule is CCCC1C([Si]C2=Cc3c(cccc3-c3ccc(C(C)(C)C)cc3C)C2)=Cc2c(-c3ccc(C(C)(C)C)cc3C)cccc21. The van der Waals surface area contributed by atoms with E-state index in [-0.39, 0.29) is 10.8 Å². The van der Waals surface area contributed by atoms with Crippen molar-refractivity contribution in [1.29, 1.82) is 0 Å². The quantitative estimate of drug-likeness (QED) is 0.195. The van der Waals surface area contributed by atoms with Crippen molar-refractivity contribution in [3.05, 3.63) is 128 Å². The maximum atomic E-state index is 2.57. The van der Waals surface area contributed by atoms with Crippen LogP contribution in [-0.2, 0) is 17.3 Å². The Bertz CT molecular complexity index is 1800. The zero-order valence-electron chi connectivity index (χ0n) is 28.3. The summed E-state index contributed by atoms with van der Waals surface area (Å²) >= 11 is 0. The summed E-state index contributed by atoms with van der Waals surface area (Å²) < 4.78 is 0. The van der Waals surface area contributed by atoms with Crippen molar-refractivity contribution in [1.82, 2.24) is 0 Å². The highest BCUT2D eigenvalue weighted by atomic mass is 28.2. The molecule has 0 heterocycles. The minimum Gasteiger partial charge on any atom is -0.0748 e. The summed E-state index contributed by atoms with van der Waals surface area (Å²) in [4.78, 5) is 0. The van der Waals surface area contributed by atoms with Gasteiger partial charge in [0.2, 0.25) is 0 Å². The van der Waals surface area contributed by atoms with E-state index in [9.17, 15) is 0 Å². The Balaban J connectivity index is 1.34. The lowest BCUT2D eigenvalue weighted by Crippen LogP contribution is -2.11. The molecule has 0 aromatic heterocycles. The number of fused-ring (bicyclic) bond motifs is 2. The minimum absolute atomic E-state index is 0.156. The highest BCUT2D eigenvalue weighted by Gasteiger charge is 2.29. The lowest BCUT2D eigenvalue weighted by Gasteiger charge is -2.21. The second-order valence-corrected chi connectivity index (χ2v) is 16.6. The van der Waals surface area contributed by atoms with Gasteiger partial charge in [-0.15, -0.1) is 0 Å². The molecule has 224 valence electrons. The second-order valence-electron chi connectivity index (χ2n) is 15.2. The fraction of sp³-hybridized carbons (Fsp3) is 0.349. The molecule has 6 rings (SSSR count). The van der Waals surface area contributed by atoms with Gasteiger partial charge in [0.05, 0.1) is 0 Å². The molecule has 4 aromatic carbocycles. The summed E-state index contributed by atoms with van der Waals surface area (Å²) in [5.74, 6) is 0.513. The molecule has 2 aliphatic rings. The van der Waals surface area contributed by atoms with Gasteiger partial charge >= 0.3 is 0 Å². The first-order chi connectivity index (χ1) is 20.8. The standard InChI is InChI=1S/C43H48Si/c1-10-13-38-37-17-12-16-36(34-21-19-31(23-28(34)3)43(7,8)9)40(37)26-41(38)44-32-24-29-14-11-15-35(39(29)25-32)33-20-18-30(22-27(33)2)42(4,5)6/h11-12,14-23,25-26,38H,10,13,24H2,1-9H3. The molecular weight excluding hydrogens is 545 g/mol. The molecule has 1 heteroatoms. The number of rotatable bonds is 6. The predicted octanol–water partition coefficient (Wildman–Crippen LogP) is 11.8. The van der Waals surface area contributed by atoms with Gasteiger partial charge in [0.1, 0.15) is 9.52 Å². The highest BCUT2D eigenvalue weighted by Crippen LogP contribution is 2.45. The smallest absolute Gasteiger partial charge is 0.0748 e. The van der Waals surface area contributed by atoms with Gasteiger partial charge in [-0.25, -0.2) is 0 Å². The molecule has 0 nitrogen and oxygen atoms in total. The average molecular weight is 593 g/mol. The van der Waals surface area contributed by atoms with E-state index in [4.69, 9.17) is 0 Å². The van der Waals surface area contributed by atoms with E-state index in [1.54, 1.807) is 10.4 Å². The molecule has 0 bridgehead atoms. The Morgan fingerprint density at radius 3 is 1.77 bits per heavy atom. The first kappa shape index (κ1) is 30.6. The Morgan fingerprint density at radius 1 is 0.659 bits per heavy atom. The van der Waals surface area contributed by atoms with Crippen LogP contribution >= 0.6 is 0 Å². The molecule has 0 saturated heterocycles. The van der Waals surface area contributed by atoms with Crippen LogP contribution in [0.1, 0.15) is 112 Å². The van der Waals surface area contributed by atoms with E-state index >= 15 is 0 Å². The van der Waals surface area contributed by atoms with Gasteiger partial charge in [-0.2, -0.15) is 0 Å². The zero-order valence-corrected chi connectivity index (χ0v) is 29.3. The molecule has 0 saturated carbocycles. The third-order valence-corrected chi connectivity index (χ3v) is 11.2. The topological polar surface area (TPSA) is 0 Å². The molecule has 0 amide bonds. The minimum atomic E-state index is 0.156. The molecule has 1 atom stereocenters. The fourth-order valence-corrected chi connectivity index (χ4v) is 8.72. The Morgan fingerprint density at radius 2 is 1.23 bits per heavy atom. The van der Waals surface area contributed by atoms with Crippen LogP contribution in [0.4, 0.5) is 0 Å². The molecule has 0 N–H and O–H groups in total. The van der Waals surface area contributed by atoms with Crippen LogP contribution in [0.3, 0.4) is 0 Å². The summed E-state index contributed by atoms with van der Waals surface area (Å²) in [6.07, 6.45) is 8.57. The molecule has 0 spiro atoms. The summed E-state index contributed by atoms with van der Waals surface area (Å²) in [6, 6.07) is 28.1. The summed E-state index contributed by atoms with van der Waals surface area (Å²) in [7, 11) is 0.728. The largest absolute Gasteiger partial charge is 0.111 e. The molecule has 2 aliphatic carbocycles. The summed E-state index contributed by atoms with van der Waals surface area (Å²) in [6.45, 7) is 20.7. The van der Waals surface area contributed by atoms with E-state index in [0.29, 0.717) is 5.92 Å². The van der Waals surface area contributed by atoms with Crippen molar-refractivity contribution in [2.45, 2.75) is 98.3 Å². The summed E-state index contributed by atoms with van der Waals surface area (Å²) in [5.41, 5.74) is 17.2. The number of hydrogen-bond donors (Lipinski definition) is 0. The molecule has 0 aliphatic heterocycles. The van der Waals surface area contributed by atoms with E-state index in [2.05, 4.69) is 147 Å². The van der Waals surface area contributed by atoms with Gasteiger partial charge in [0.15, 0.2) is 0 Å². The van der Waals surface area contributed by atoms with Gasteiger partial charge in [0, 0.05) is 5.92 Å². The highest BCUT2D eigenvalue weighted by molar-refractivity contribution is 6.57. The predicted molar refractivity (Wildman–Crippen MR) is 194 cm³/mol. The number of benzene rings is 4. The first-order valence-electron chi connectivity index (χ1n) is 16.5. The Kier molecular flexibility index (Phi) is 7.99. The maximum absolute atomic E-state index is 2.57. The average Bonchev–Trinajstić information content (AvgIpc) is 3.53. The number of allylic oxidation sites excluding steroid dienone is 2. The van der Waals surface area contributed by atoms with E-state index in [1.807, 2.05) is 0 Å². The first-order valence-corrected chi connectivity index (χ1v) is 17.5. The Labute approximate surface area is 269 Å². The molecule has 2 radical (unpaired) electrons. The summed E-state index contributed by atoms with van der Waals surface area (Å²) in [5, 5.41) is 3.19. The normalized spacial score (nSPS) is 16.1. The zero-order chi connectivity index (χ0) is 31.4. The van der Waals surface area contributed by atoms with E-state index < -0.39 is 0 Å². The third kappa shape index (κ3) is 5.72. The molecule has 4 aromatic rings. The van der Waals surface area contributed by atoms with Crippen LogP contribution < -0.4 is 0 Å². The molecule has 44 heavy (non-hydrogen) atoms. The second kappa shape index (κ2) is 11.5. The number of aryl methyl sites for hydroxylation is 2. The van der Waals surface area contributed by atoms with E-state index in [1.165, 1.54) is 79.6 Å². The Hall–Kier alpha value is -3.42. The molecular formula is C43H48Si. The molecule has 0 fully saturated rings. The monoisotopic (exact) mass is 592 g/mol.